The second kappa shape index (κ2) is 7.20. The van der Waals surface area contributed by atoms with Crippen molar-refractivity contribution in [3.63, 3.8) is 0 Å². The highest BCUT2D eigenvalue weighted by atomic mass is 16.1. The van der Waals surface area contributed by atoms with Gasteiger partial charge >= 0.3 is 0 Å². The third-order valence-electron chi connectivity index (χ3n) is 4.66. The summed E-state index contributed by atoms with van der Waals surface area (Å²) in [4.78, 5) is 22.1. The summed E-state index contributed by atoms with van der Waals surface area (Å²) in [5, 5.41) is 16.5. The van der Waals surface area contributed by atoms with Gasteiger partial charge < -0.3 is 0 Å². The van der Waals surface area contributed by atoms with E-state index in [0.29, 0.717) is 29.0 Å². The second-order valence-corrected chi connectivity index (χ2v) is 6.98. The Morgan fingerprint density at radius 3 is 2.90 bits per heavy atom. The van der Waals surface area contributed by atoms with Crippen LogP contribution in [0.5, 0.6) is 0 Å². The van der Waals surface area contributed by atoms with E-state index >= 15 is 0 Å². The van der Waals surface area contributed by atoms with Crippen molar-refractivity contribution >= 4 is 11.7 Å². The Kier molecular flexibility index (Phi) is 4.56. The van der Waals surface area contributed by atoms with Gasteiger partial charge in [-0.3, -0.25) is 19.6 Å². The van der Waals surface area contributed by atoms with E-state index in [1.165, 1.54) is 10.7 Å². The van der Waals surface area contributed by atoms with E-state index in [0.717, 1.165) is 17.0 Å². The van der Waals surface area contributed by atoms with Crippen molar-refractivity contribution in [3.05, 3.63) is 76.2 Å². The Morgan fingerprint density at radius 1 is 1.34 bits per heavy atom. The highest BCUT2D eigenvalue weighted by Gasteiger charge is 2.20. The lowest BCUT2D eigenvalue weighted by Gasteiger charge is -2.10. The van der Waals surface area contributed by atoms with Crippen LogP contribution < -0.4 is 5.56 Å². The van der Waals surface area contributed by atoms with Gasteiger partial charge in [0.2, 0.25) is 0 Å². The Hall–Kier alpha value is -3.99. The number of aromatic amines is 1. The van der Waals surface area contributed by atoms with Crippen LogP contribution in [-0.2, 0) is 6.54 Å². The largest absolute Gasteiger partial charge is 0.295 e. The summed E-state index contributed by atoms with van der Waals surface area (Å²) >= 11 is 0. The molecule has 0 saturated carbocycles. The van der Waals surface area contributed by atoms with Gasteiger partial charge in [-0.2, -0.15) is 10.4 Å². The Morgan fingerprint density at radius 2 is 2.17 bits per heavy atom. The zero-order valence-corrected chi connectivity index (χ0v) is 16.1. The molecule has 0 aliphatic carbocycles. The van der Waals surface area contributed by atoms with Gasteiger partial charge in [0.05, 0.1) is 29.8 Å². The predicted octanol–water partition coefficient (Wildman–Crippen LogP) is 2.97. The maximum Gasteiger partial charge on any atom is 0.276 e. The van der Waals surface area contributed by atoms with Gasteiger partial charge in [0.25, 0.3) is 5.56 Å². The van der Waals surface area contributed by atoms with Crippen molar-refractivity contribution < 1.29 is 0 Å². The van der Waals surface area contributed by atoms with E-state index in [9.17, 15) is 10.1 Å². The third-order valence-corrected chi connectivity index (χ3v) is 4.66. The van der Waals surface area contributed by atoms with E-state index in [1.807, 2.05) is 38.2 Å². The van der Waals surface area contributed by atoms with Crippen LogP contribution in [-0.4, -0.2) is 29.4 Å². The topological polar surface area (TPSA) is 105 Å². The minimum atomic E-state index is -0.213. The number of nitrogens with one attached hydrogen (secondary N) is 1. The van der Waals surface area contributed by atoms with Gasteiger partial charge in [-0.05, 0) is 24.1 Å². The van der Waals surface area contributed by atoms with Gasteiger partial charge in [0, 0.05) is 23.5 Å². The summed E-state index contributed by atoms with van der Waals surface area (Å²) in [5.41, 5.74) is 3.89. The smallest absolute Gasteiger partial charge is 0.276 e. The van der Waals surface area contributed by atoms with Gasteiger partial charge in [-0.1, -0.05) is 26.5 Å². The summed E-state index contributed by atoms with van der Waals surface area (Å²) in [6.07, 6.45) is 6.70. The number of hydrogen-bond donors (Lipinski definition) is 1. The van der Waals surface area contributed by atoms with Gasteiger partial charge in [0.15, 0.2) is 5.65 Å². The molecule has 144 valence electrons. The molecular weight excluding hydrogens is 366 g/mol. The number of nitrogens with zero attached hydrogens (tertiary/aromatic N) is 6. The molecular formula is C21H19N7O. The zero-order chi connectivity index (χ0) is 20.5. The molecule has 0 aliphatic rings. The molecule has 0 aromatic carbocycles. The SMILES string of the molecule is C=Cc1cccc(Cn2cc(-c3nc4c(C#N)c[nH]n4c(=O)c3C(C)C)cn2)n1. The Bertz CT molecular complexity index is 1320. The number of pyridine rings is 1. The average Bonchev–Trinajstić information content (AvgIpc) is 3.34. The molecule has 29 heavy (non-hydrogen) atoms. The number of rotatable bonds is 5. The number of fused-ring (bicyclic) bond motifs is 1. The van der Waals surface area contributed by atoms with Crippen LogP contribution in [0.1, 0.15) is 42.3 Å². The number of H-pyrrole nitrogens is 1. The molecule has 0 fully saturated rings. The zero-order valence-electron chi connectivity index (χ0n) is 16.1. The fourth-order valence-corrected chi connectivity index (χ4v) is 3.29. The first-order valence-electron chi connectivity index (χ1n) is 9.17. The standard InChI is InChI=1S/C21H19N7O/c1-4-16-6-5-7-17(25-16)12-27-11-15(10-23-27)19-18(13(2)3)21(29)28-20(26-19)14(8-22)9-24-28/h4-7,9-11,13,24H,1,12H2,2-3H3. The van der Waals surface area contributed by atoms with Crippen LogP contribution in [0.25, 0.3) is 23.0 Å². The molecule has 0 aliphatic heterocycles. The third kappa shape index (κ3) is 3.23. The predicted molar refractivity (Wildman–Crippen MR) is 109 cm³/mol. The van der Waals surface area contributed by atoms with Crippen molar-refractivity contribution in [1.29, 1.82) is 5.26 Å². The molecule has 1 N–H and O–H groups in total. The number of nitriles is 1. The Labute approximate surface area is 166 Å². The molecule has 8 heteroatoms. The van der Waals surface area contributed by atoms with E-state index < -0.39 is 0 Å². The van der Waals surface area contributed by atoms with E-state index in [4.69, 9.17) is 0 Å². The van der Waals surface area contributed by atoms with Crippen LogP contribution in [0.15, 0.2) is 48.2 Å². The average molecular weight is 385 g/mol. The molecule has 0 unspecified atom stereocenters. The van der Waals surface area contributed by atoms with E-state index in [1.54, 1.807) is 17.0 Å². The molecule has 0 amide bonds. The molecule has 0 saturated heterocycles. The van der Waals surface area contributed by atoms with Crippen LogP contribution in [0.4, 0.5) is 0 Å². The molecule has 0 bridgehead atoms. The maximum atomic E-state index is 13.0. The van der Waals surface area contributed by atoms with Crippen molar-refractivity contribution in [3.8, 4) is 17.3 Å². The van der Waals surface area contributed by atoms with Gasteiger partial charge in [-0.25, -0.2) is 9.50 Å². The number of aromatic nitrogens is 6. The molecule has 0 atom stereocenters. The van der Waals surface area contributed by atoms with Gasteiger partial charge in [0.1, 0.15) is 11.6 Å². The maximum absolute atomic E-state index is 13.0. The van der Waals surface area contributed by atoms with Crippen LogP contribution in [0.2, 0.25) is 0 Å². The second-order valence-electron chi connectivity index (χ2n) is 6.98. The van der Waals surface area contributed by atoms with Crippen molar-refractivity contribution in [1.82, 2.24) is 29.4 Å². The quantitative estimate of drug-likeness (QED) is 0.569. The van der Waals surface area contributed by atoms with E-state index in [2.05, 4.69) is 32.8 Å². The van der Waals surface area contributed by atoms with Crippen molar-refractivity contribution in [2.24, 2.45) is 0 Å². The lowest BCUT2D eigenvalue weighted by Crippen LogP contribution is -2.22. The van der Waals surface area contributed by atoms with Crippen LogP contribution in [0.3, 0.4) is 0 Å². The minimum absolute atomic E-state index is 0.0509. The van der Waals surface area contributed by atoms with Crippen LogP contribution in [0, 0.1) is 11.3 Å². The molecule has 4 heterocycles. The monoisotopic (exact) mass is 385 g/mol. The first-order chi connectivity index (χ1) is 14.0. The molecule has 8 nitrogen and oxygen atoms in total. The summed E-state index contributed by atoms with van der Waals surface area (Å²) in [6.45, 7) is 8.11. The van der Waals surface area contributed by atoms with E-state index in [-0.39, 0.29) is 11.5 Å². The van der Waals surface area contributed by atoms with Crippen molar-refractivity contribution in [2.75, 3.05) is 0 Å². The first-order valence-corrected chi connectivity index (χ1v) is 9.17. The summed E-state index contributed by atoms with van der Waals surface area (Å²) in [7, 11) is 0. The highest BCUT2D eigenvalue weighted by Crippen LogP contribution is 2.26. The summed E-state index contributed by atoms with van der Waals surface area (Å²) in [5.74, 6) is -0.0509. The molecule has 4 aromatic heterocycles. The van der Waals surface area contributed by atoms with Gasteiger partial charge in [-0.15, -0.1) is 0 Å². The van der Waals surface area contributed by atoms with Crippen molar-refractivity contribution in [2.45, 2.75) is 26.3 Å². The first kappa shape index (κ1) is 18.4. The molecule has 4 rings (SSSR count). The fraction of sp³-hybridized carbons (Fsp3) is 0.190. The number of hydrogen-bond acceptors (Lipinski definition) is 5. The minimum Gasteiger partial charge on any atom is -0.295 e. The molecule has 4 aromatic rings. The fourth-order valence-electron chi connectivity index (χ4n) is 3.29. The lowest BCUT2D eigenvalue weighted by molar-refractivity contribution is 0.672. The molecule has 0 radical (unpaired) electrons. The normalized spacial score (nSPS) is 11.1. The summed E-state index contributed by atoms with van der Waals surface area (Å²) in [6, 6.07) is 7.79. The molecule has 0 spiro atoms. The lowest BCUT2D eigenvalue weighted by atomic mass is 10.00. The Balaban J connectivity index is 1.80. The summed E-state index contributed by atoms with van der Waals surface area (Å²) < 4.78 is 3.06. The van der Waals surface area contributed by atoms with Crippen LogP contribution >= 0.6 is 0 Å². The highest BCUT2D eigenvalue weighted by molar-refractivity contribution is 5.67.